The number of hydrogen-bond acceptors (Lipinski definition) is 5. The lowest BCUT2D eigenvalue weighted by Crippen LogP contribution is -2.05. The average molecular weight is 342 g/mol. The van der Waals surface area contributed by atoms with E-state index in [9.17, 15) is 9.59 Å². The van der Waals surface area contributed by atoms with Crippen LogP contribution in [0.1, 0.15) is 21.5 Å². The Morgan fingerprint density at radius 3 is 2.54 bits per heavy atom. The quantitative estimate of drug-likeness (QED) is 0.633. The molecule has 0 N–H and O–H groups in total. The van der Waals surface area contributed by atoms with Crippen molar-refractivity contribution >= 4 is 35.5 Å². The van der Waals surface area contributed by atoms with Gasteiger partial charge in [0.15, 0.2) is 5.70 Å². The molecule has 6 heteroatoms. The van der Waals surface area contributed by atoms with Crippen molar-refractivity contribution in [3.63, 3.8) is 0 Å². The third-order valence-electron chi connectivity index (χ3n) is 3.36. The summed E-state index contributed by atoms with van der Waals surface area (Å²) >= 11 is 6.09. The fraction of sp³-hybridized carbons (Fsp3) is 0.0556. The fourth-order valence-corrected chi connectivity index (χ4v) is 2.37. The molecule has 1 aliphatic rings. The molecule has 0 aliphatic carbocycles. The van der Waals surface area contributed by atoms with Crippen molar-refractivity contribution in [2.24, 2.45) is 4.99 Å². The maximum Gasteiger partial charge on any atom is 0.363 e. The summed E-state index contributed by atoms with van der Waals surface area (Å²) in [4.78, 5) is 27.6. The first-order chi connectivity index (χ1) is 11.6. The summed E-state index contributed by atoms with van der Waals surface area (Å²) < 4.78 is 9.81. The molecule has 5 nitrogen and oxygen atoms in total. The normalized spacial score (nSPS) is 15.2. The van der Waals surface area contributed by atoms with Crippen LogP contribution in [0.3, 0.4) is 0 Å². The van der Waals surface area contributed by atoms with Crippen molar-refractivity contribution in [3.05, 3.63) is 75.9 Å². The Labute approximate surface area is 143 Å². The predicted molar refractivity (Wildman–Crippen MR) is 89.8 cm³/mol. The zero-order valence-corrected chi connectivity index (χ0v) is 13.4. The van der Waals surface area contributed by atoms with Crippen LogP contribution in [0, 0.1) is 0 Å². The summed E-state index contributed by atoms with van der Waals surface area (Å²) in [6.45, 7) is 0. The van der Waals surface area contributed by atoms with Crippen LogP contribution in [0.25, 0.3) is 6.08 Å². The number of carbonyl (C=O) groups is 2. The van der Waals surface area contributed by atoms with E-state index in [0.717, 1.165) is 0 Å². The van der Waals surface area contributed by atoms with E-state index < -0.39 is 11.9 Å². The zero-order chi connectivity index (χ0) is 17.1. The van der Waals surface area contributed by atoms with E-state index >= 15 is 0 Å². The van der Waals surface area contributed by atoms with Crippen LogP contribution in [-0.2, 0) is 14.3 Å². The van der Waals surface area contributed by atoms with E-state index in [0.29, 0.717) is 21.7 Å². The molecule has 0 radical (unpaired) electrons. The van der Waals surface area contributed by atoms with Crippen LogP contribution < -0.4 is 0 Å². The highest BCUT2D eigenvalue weighted by Gasteiger charge is 2.25. The number of halogens is 1. The minimum Gasteiger partial charge on any atom is -0.465 e. The molecule has 2 aromatic carbocycles. The van der Waals surface area contributed by atoms with E-state index in [1.165, 1.54) is 7.11 Å². The second kappa shape index (κ2) is 6.68. The molecule has 120 valence electrons. The fourth-order valence-electron chi connectivity index (χ4n) is 2.15. The highest BCUT2D eigenvalue weighted by molar-refractivity contribution is 6.34. The summed E-state index contributed by atoms with van der Waals surface area (Å²) in [7, 11) is 1.32. The predicted octanol–water partition coefficient (Wildman–Crippen LogP) is 3.47. The summed E-state index contributed by atoms with van der Waals surface area (Å²) in [5, 5.41) is 0.452. The smallest absolute Gasteiger partial charge is 0.363 e. The topological polar surface area (TPSA) is 65.0 Å². The largest absolute Gasteiger partial charge is 0.465 e. The van der Waals surface area contributed by atoms with E-state index in [2.05, 4.69) is 9.73 Å². The molecule has 0 unspecified atom stereocenters. The van der Waals surface area contributed by atoms with Gasteiger partial charge in [0.25, 0.3) is 0 Å². The molecule has 0 spiro atoms. The van der Waals surface area contributed by atoms with Gasteiger partial charge in [-0.15, -0.1) is 0 Å². The summed E-state index contributed by atoms with van der Waals surface area (Å²) in [6.07, 6.45) is 1.58. The van der Waals surface area contributed by atoms with Gasteiger partial charge in [-0.25, -0.2) is 14.6 Å². The van der Waals surface area contributed by atoms with Gasteiger partial charge in [0.2, 0.25) is 5.90 Å². The Kier molecular flexibility index (Phi) is 4.44. The molecule has 24 heavy (non-hydrogen) atoms. The van der Waals surface area contributed by atoms with E-state index in [1.54, 1.807) is 54.6 Å². The molecule has 0 atom stereocenters. The monoisotopic (exact) mass is 341 g/mol. The Morgan fingerprint density at radius 2 is 1.88 bits per heavy atom. The van der Waals surface area contributed by atoms with Crippen molar-refractivity contribution in [2.45, 2.75) is 0 Å². The highest BCUT2D eigenvalue weighted by Crippen LogP contribution is 2.23. The average Bonchev–Trinajstić information content (AvgIpc) is 2.95. The van der Waals surface area contributed by atoms with Gasteiger partial charge in [-0.05, 0) is 35.9 Å². The molecule has 3 rings (SSSR count). The number of ether oxygens (including phenoxy) is 2. The first-order valence-corrected chi connectivity index (χ1v) is 7.42. The summed E-state index contributed by atoms with van der Waals surface area (Å²) in [6, 6.07) is 13.6. The number of esters is 2. The standard InChI is InChI=1S/C18H12ClNO4/c1-23-17(21)12-8-6-11(7-9-12)10-15-18(22)24-16(20-15)13-4-2-3-5-14(13)19/h2-10H,1H3. The maximum atomic E-state index is 12.0. The van der Waals surface area contributed by atoms with Gasteiger partial charge >= 0.3 is 11.9 Å². The van der Waals surface area contributed by atoms with Crippen molar-refractivity contribution in [1.29, 1.82) is 0 Å². The molecule has 0 aromatic heterocycles. The molecule has 0 saturated heterocycles. The van der Waals surface area contributed by atoms with Gasteiger partial charge in [-0.2, -0.15) is 0 Å². The highest BCUT2D eigenvalue weighted by atomic mass is 35.5. The Morgan fingerprint density at radius 1 is 1.17 bits per heavy atom. The van der Waals surface area contributed by atoms with Gasteiger partial charge in [0.05, 0.1) is 23.3 Å². The van der Waals surface area contributed by atoms with Crippen molar-refractivity contribution < 1.29 is 19.1 Å². The van der Waals surface area contributed by atoms with Crippen LogP contribution in [0.15, 0.2) is 59.2 Å². The van der Waals surface area contributed by atoms with Crippen LogP contribution in [0.5, 0.6) is 0 Å². The first-order valence-electron chi connectivity index (χ1n) is 7.04. The molecule has 0 bridgehead atoms. The number of carbonyl (C=O) groups excluding carboxylic acids is 2. The van der Waals surface area contributed by atoms with Gasteiger partial charge in [-0.1, -0.05) is 35.9 Å². The number of benzene rings is 2. The van der Waals surface area contributed by atoms with Crippen molar-refractivity contribution in [1.82, 2.24) is 0 Å². The van der Waals surface area contributed by atoms with Crippen LogP contribution in [0.4, 0.5) is 0 Å². The number of rotatable bonds is 3. The minimum absolute atomic E-state index is 0.163. The molecule has 1 heterocycles. The SMILES string of the molecule is COC(=O)c1ccc(C=C2N=C(c3ccccc3Cl)OC2=O)cc1. The molecular weight excluding hydrogens is 330 g/mol. The maximum absolute atomic E-state index is 12.0. The van der Waals surface area contributed by atoms with Crippen LogP contribution >= 0.6 is 11.6 Å². The van der Waals surface area contributed by atoms with Crippen LogP contribution in [-0.4, -0.2) is 24.9 Å². The van der Waals surface area contributed by atoms with Gasteiger partial charge < -0.3 is 9.47 Å². The second-order valence-electron chi connectivity index (χ2n) is 4.93. The molecule has 0 saturated carbocycles. The summed E-state index contributed by atoms with van der Waals surface area (Å²) in [5.41, 5.74) is 1.85. The van der Waals surface area contributed by atoms with E-state index in [1.807, 2.05) is 0 Å². The van der Waals surface area contributed by atoms with Gasteiger partial charge in [0, 0.05) is 0 Å². The molecule has 1 aliphatic heterocycles. The lowest BCUT2D eigenvalue weighted by Gasteiger charge is -2.00. The number of methoxy groups -OCH3 is 1. The molecule has 0 amide bonds. The number of nitrogens with zero attached hydrogens (tertiary/aromatic N) is 1. The minimum atomic E-state index is -0.554. The number of cyclic esters (lactones) is 1. The molecule has 0 fully saturated rings. The first kappa shape index (κ1) is 16.0. The zero-order valence-electron chi connectivity index (χ0n) is 12.7. The number of aliphatic imine (C=N–C) groups is 1. The lowest BCUT2D eigenvalue weighted by atomic mass is 10.1. The number of hydrogen-bond donors (Lipinski definition) is 0. The van der Waals surface area contributed by atoms with Crippen molar-refractivity contribution in [3.8, 4) is 0 Å². The molecular formula is C18H12ClNO4. The Balaban J connectivity index is 1.89. The summed E-state index contributed by atoms with van der Waals surface area (Å²) in [5.74, 6) is -0.807. The van der Waals surface area contributed by atoms with E-state index in [4.69, 9.17) is 16.3 Å². The van der Waals surface area contributed by atoms with Crippen LogP contribution in [0.2, 0.25) is 5.02 Å². The Hall–Kier alpha value is -2.92. The van der Waals surface area contributed by atoms with Crippen molar-refractivity contribution in [2.75, 3.05) is 7.11 Å². The second-order valence-corrected chi connectivity index (χ2v) is 5.34. The van der Waals surface area contributed by atoms with E-state index in [-0.39, 0.29) is 11.6 Å². The Bertz CT molecular complexity index is 869. The van der Waals surface area contributed by atoms with Gasteiger partial charge in [-0.3, -0.25) is 0 Å². The third kappa shape index (κ3) is 3.21. The van der Waals surface area contributed by atoms with Gasteiger partial charge in [0.1, 0.15) is 0 Å². The molecule has 2 aromatic rings. The third-order valence-corrected chi connectivity index (χ3v) is 3.69. The lowest BCUT2D eigenvalue weighted by molar-refractivity contribution is -0.129.